The van der Waals surface area contributed by atoms with Crippen LogP contribution in [-0.2, 0) is 4.74 Å². The highest BCUT2D eigenvalue weighted by Crippen LogP contribution is 2.13. The Morgan fingerprint density at radius 1 is 1.21 bits per heavy atom. The lowest BCUT2D eigenvalue weighted by atomic mass is 10.2. The first-order chi connectivity index (χ1) is 9.02. The number of carbonyl (C=O) groups excluding carboxylic acids is 1. The summed E-state index contributed by atoms with van der Waals surface area (Å²) in [6, 6.07) is 6.44. The second kappa shape index (κ2) is 7.00. The molecule has 0 spiro atoms. The van der Waals surface area contributed by atoms with Gasteiger partial charge < -0.3 is 21.9 Å². The molecule has 0 aliphatic rings. The fraction of sp³-hybridized carbons (Fsp3) is 0.250. The fourth-order valence-corrected chi connectivity index (χ4v) is 1.24. The molecule has 102 valence electrons. The number of hydrogen-bond donors (Lipinski definition) is 3. The number of guanidine groups is 2. The van der Waals surface area contributed by atoms with Crippen molar-refractivity contribution in [3.8, 4) is 0 Å². The summed E-state index contributed by atoms with van der Waals surface area (Å²) in [7, 11) is 0. The van der Waals surface area contributed by atoms with Gasteiger partial charge >= 0.3 is 5.97 Å². The number of rotatable bonds is 4. The van der Waals surface area contributed by atoms with Gasteiger partial charge in [-0.1, -0.05) is 6.92 Å². The van der Waals surface area contributed by atoms with Gasteiger partial charge in [-0.25, -0.2) is 9.79 Å². The van der Waals surface area contributed by atoms with Gasteiger partial charge in [-0.2, -0.15) is 4.99 Å². The van der Waals surface area contributed by atoms with Crippen LogP contribution in [0.25, 0.3) is 0 Å². The molecule has 7 nitrogen and oxygen atoms in total. The van der Waals surface area contributed by atoms with Gasteiger partial charge in [0.15, 0.2) is 5.96 Å². The molecule has 0 aliphatic carbocycles. The molecule has 0 aromatic heterocycles. The molecule has 0 saturated carbocycles. The van der Waals surface area contributed by atoms with Crippen molar-refractivity contribution in [2.24, 2.45) is 27.2 Å². The van der Waals surface area contributed by atoms with Crippen LogP contribution in [0.3, 0.4) is 0 Å². The molecule has 19 heavy (non-hydrogen) atoms. The van der Waals surface area contributed by atoms with Crippen molar-refractivity contribution in [3.63, 3.8) is 0 Å². The molecule has 0 heterocycles. The normalized spacial score (nSPS) is 10.9. The van der Waals surface area contributed by atoms with Crippen LogP contribution in [0.4, 0.5) is 5.69 Å². The van der Waals surface area contributed by atoms with Crippen LogP contribution < -0.4 is 17.2 Å². The number of esters is 1. The molecule has 0 amide bonds. The number of nitrogens with zero attached hydrogens (tertiary/aromatic N) is 2. The maximum Gasteiger partial charge on any atom is 0.338 e. The highest BCUT2D eigenvalue weighted by Gasteiger charge is 2.05. The van der Waals surface area contributed by atoms with Gasteiger partial charge in [-0.15, -0.1) is 0 Å². The number of aliphatic imine (C=N–C) groups is 2. The lowest BCUT2D eigenvalue weighted by molar-refractivity contribution is 0.0505. The predicted molar refractivity (Wildman–Crippen MR) is 74.1 cm³/mol. The Balaban J connectivity index is 2.77. The monoisotopic (exact) mass is 263 g/mol. The maximum atomic E-state index is 11.5. The van der Waals surface area contributed by atoms with Crippen LogP contribution in [0.5, 0.6) is 0 Å². The van der Waals surface area contributed by atoms with Crippen LogP contribution in [0.1, 0.15) is 23.7 Å². The van der Waals surface area contributed by atoms with E-state index in [2.05, 4.69) is 9.98 Å². The van der Waals surface area contributed by atoms with Gasteiger partial charge in [0.1, 0.15) is 0 Å². The second-order valence-electron chi connectivity index (χ2n) is 3.69. The van der Waals surface area contributed by atoms with Crippen LogP contribution in [0, 0.1) is 0 Å². The molecule has 6 N–H and O–H groups in total. The topological polar surface area (TPSA) is 129 Å². The summed E-state index contributed by atoms with van der Waals surface area (Å²) in [5, 5.41) is 0. The fourth-order valence-electron chi connectivity index (χ4n) is 1.24. The van der Waals surface area contributed by atoms with Crippen molar-refractivity contribution >= 4 is 23.6 Å². The van der Waals surface area contributed by atoms with E-state index >= 15 is 0 Å². The van der Waals surface area contributed by atoms with Crippen molar-refractivity contribution in [2.45, 2.75) is 13.3 Å². The van der Waals surface area contributed by atoms with Gasteiger partial charge in [0.05, 0.1) is 17.9 Å². The number of nitrogens with two attached hydrogens (primary N) is 3. The molecule has 0 aliphatic heterocycles. The third kappa shape index (κ3) is 5.07. The van der Waals surface area contributed by atoms with E-state index in [0.29, 0.717) is 17.9 Å². The Morgan fingerprint density at radius 3 is 2.37 bits per heavy atom. The number of benzene rings is 1. The first kappa shape index (κ1) is 14.5. The zero-order chi connectivity index (χ0) is 14.3. The van der Waals surface area contributed by atoms with Gasteiger partial charge in [0.25, 0.3) is 0 Å². The standard InChI is InChI=1S/C12H17N5O2/c1-2-7-19-10(18)8-3-5-9(6-4-8)16-12(15)17-11(13)14/h3-6H,2,7H2,1H3,(H6,13,14,15,16,17). The maximum absolute atomic E-state index is 11.5. The molecule has 0 bridgehead atoms. The zero-order valence-electron chi connectivity index (χ0n) is 10.7. The van der Waals surface area contributed by atoms with Crippen molar-refractivity contribution < 1.29 is 9.53 Å². The Hall–Kier alpha value is -2.57. The molecular weight excluding hydrogens is 246 g/mol. The van der Waals surface area contributed by atoms with Crippen LogP contribution in [-0.4, -0.2) is 24.5 Å². The summed E-state index contributed by atoms with van der Waals surface area (Å²) < 4.78 is 5.00. The third-order valence-electron chi connectivity index (χ3n) is 2.03. The van der Waals surface area contributed by atoms with Gasteiger partial charge in [0.2, 0.25) is 5.96 Å². The number of ether oxygens (including phenoxy) is 1. The van der Waals surface area contributed by atoms with Crippen molar-refractivity contribution in [1.29, 1.82) is 0 Å². The number of hydrogen-bond acceptors (Lipinski definition) is 3. The van der Waals surface area contributed by atoms with Gasteiger partial charge in [-0.05, 0) is 30.7 Å². The molecule has 1 rings (SSSR count). The van der Waals surface area contributed by atoms with E-state index in [9.17, 15) is 4.79 Å². The predicted octanol–water partition coefficient (Wildman–Crippen LogP) is 0.473. The summed E-state index contributed by atoms with van der Waals surface area (Å²) in [5.41, 5.74) is 16.8. The Bertz CT molecular complexity index is 489. The summed E-state index contributed by atoms with van der Waals surface area (Å²) in [5.74, 6) is -0.586. The van der Waals surface area contributed by atoms with E-state index in [1.165, 1.54) is 0 Å². The Labute approximate surface area is 111 Å². The minimum atomic E-state index is -0.366. The van der Waals surface area contributed by atoms with Crippen molar-refractivity contribution in [3.05, 3.63) is 29.8 Å². The summed E-state index contributed by atoms with van der Waals surface area (Å²) in [6.07, 6.45) is 0.781. The molecule has 0 fully saturated rings. The average molecular weight is 263 g/mol. The van der Waals surface area contributed by atoms with Crippen LogP contribution >= 0.6 is 0 Å². The van der Waals surface area contributed by atoms with Crippen LogP contribution in [0.15, 0.2) is 34.3 Å². The minimum absolute atomic E-state index is 0.0543. The van der Waals surface area contributed by atoms with Crippen molar-refractivity contribution in [2.75, 3.05) is 6.61 Å². The smallest absolute Gasteiger partial charge is 0.338 e. The summed E-state index contributed by atoms with van der Waals surface area (Å²) in [6.45, 7) is 2.33. The van der Waals surface area contributed by atoms with Gasteiger partial charge in [-0.3, -0.25) is 0 Å². The van der Waals surface area contributed by atoms with Gasteiger partial charge in [0, 0.05) is 0 Å². The minimum Gasteiger partial charge on any atom is -0.462 e. The molecule has 7 heteroatoms. The molecule has 0 radical (unpaired) electrons. The van der Waals surface area contributed by atoms with E-state index in [1.54, 1.807) is 24.3 Å². The lowest BCUT2D eigenvalue weighted by Gasteiger charge is -2.03. The van der Waals surface area contributed by atoms with Crippen LogP contribution in [0.2, 0.25) is 0 Å². The Morgan fingerprint density at radius 2 is 1.84 bits per heavy atom. The molecule has 0 atom stereocenters. The quantitative estimate of drug-likeness (QED) is 0.413. The van der Waals surface area contributed by atoms with E-state index in [1.807, 2.05) is 6.92 Å². The molecule has 1 aromatic carbocycles. The SMILES string of the molecule is CCCOC(=O)c1ccc(N=C(N)N=C(N)N)cc1. The summed E-state index contributed by atoms with van der Waals surface area (Å²) in [4.78, 5) is 19.1. The molecule has 1 aromatic rings. The van der Waals surface area contributed by atoms with E-state index in [0.717, 1.165) is 6.42 Å². The Kier molecular flexibility index (Phi) is 5.34. The molecule has 0 unspecified atom stereocenters. The lowest BCUT2D eigenvalue weighted by Crippen LogP contribution is -2.26. The first-order valence-corrected chi connectivity index (χ1v) is 5.74. The first-order valence-electron chi connectivity index (χ1n) is 5.74. The largest absolute Gasteiger partial charge is 0.462 e. The molecule has 0 saturated heterocycles. The summed E-state index contributed by atoms with van der Waals surface area (Å²) >= 11 is 0. The number of carbonyl (C=O) groups is 1. The van der Waals surface area contributed by atoms with Crippen molar-refractivity contribution in [1.82, 2.24) is 0 Å². The van der Waals surface area contributed by atoms with E-state index in [-0.39, 0.29) is 17.9 Å². The zero-order valence-corrected chi connectivity index (χ0v) is 10.7. The average Bonchev–Trinajstić information content (AvgIpc) is 2.35. The van der Waals surface area contributed by atoms with E-state index < -0.39 is 0 Å². The second-order valence-corrected chi connectivity index (χ2v) is 3.69. The highest BCUT2D eigenvalue weighted by atomic mass is 16.5. The third-order valence-corrected chi connectivity index (χ3v) is 2.03. The van der Waals surface area contributed by atoms with E-state index in [4.69, 9.17) is 21.9 Å². The molecular formula is C12H17N5O2. The highest BCUT2D eigenvalue weighted by molar-refractivity contribution is 5.94.